The molecule has 146 valence electrons. The zero-order valence-corrected chi connectivity index (χ0v) is 15.9. The third-order valence-electron chi connectivity index (χ3n) is 6.33. The lowest BCUT2D eigenvalue weighted by Crippen LogP contribution is -2.51. The Morgan fingerprint density at radius 1 is 0.769 bits per heavy atom. The van der Waals surface area contributed by atoms with Gasteiger partial charge < -0.3 is 19.6 Å². The van der Waals surface area contributed by atoms with Gasteiger partial charge in [-0.25, -0.2) is 0 Å². The number of carbonyl (C=O) groups is 3. The van der Waals surface area contributed by atoms with Gasteiger partial charge in [-0.1, -0.05) is 6.92 Å². The van der Waals surface area contributed by atoms with Gasteiger partial charge >= 0.3 is 0 Å². The molecule has 2 heterocycles. The molecular weight excluding hydrogens is 332 g/mol. The van der Waals surface area contributed by atoms with Gasteiger partial charge in [-0.15, -0.1) is 0 Å². The predicted octanol–water partition coefficient (Wildman–Crippen LogP) is 0.258. The molecule has 0 aromatic carbocycles. The van der Waals surface area contributed by atoms with Gasteiger partial charge in [0.15, 0.2) is 0 Å². The van der Waals surface area contributed by atoms with E-state index in [0.29, 0.717) is 32.1 Å². The van der Waals surface area contributed by atoms with Crippen molar-refractivity contribution in [2.24, 2.45) is 11.8 Å². The first-order valence-corrected chi connectivity index (χ1v) is 10.1. The fourth-order valence-electron chi connectivity index (χ4n) is 4.44. The van der Waals surface area contributed by atoms with E-state index >= 15 is 0 Å². The molecule has 0 atom stereocenters. The van der Waals surface area contributed by atoms with Gasteiger partial charge in [-0.3, -0.25) is 14.4 Å². The first kappa shape index (κ1) is 19.1. The van der Waals surface area contributed by atoms with Crippen LogP contribution in [0.4, 0.5) is 0 Å². The fourth-order valence-corrected chi connectivity index (χ4v) is 4.44. The number of hydrogen-bond acceptors (Lipinski definition) is 4. The van der Waals surface area contributed by atoms with E-state index in [1.165, 1.54) is 0 Å². The van der Waals surface area contributed by atoms with Crippen molar-refractivity contribution >= 4 is 18.2 Å². The van der Waals surface area contributed by atoms with E-state index < -0.39 is 0 Å². The SMILES string of the molecule is CCN1CCN(C(=O)C2CCC(C(=O)N3CCN(C=O)CC3)CC2)CC1. The summed E-state index contributed by atoms with van der Waals surface area (Å²) in [7, 11) is 0. The minimum Gasteiger partial charge on any atom is -0.342 e. The van der Waals surface area contributed by atoms with Gasteiger partial charge in [0.2, 0.25) is 18.2 Å². The van der Waals surface area contributed by atoms with Crippen LogP contribution < -0.4 is 0 Å². The van der Waals surface area contributed by atoms with Crippen molar-refractivity contribution in [3.05, 3.63) is 0 Å². The molecular formula is C19H32N4O3. The summed E-state index contributed by atoms with van der Waals surface area (Å²) in [4.78, 5) is 44.3. The highest BCUT2D eigenvalue weighted by Crippen LogP contribution is 2.31. The van der Waals surface area contributed by atoms with Crippen LogP contribution in [0, 0.1) is 11.8 Å². The van der Waals surface area contributed by atoms with Crippen molar-refractivity contribution in [1.29, 1.82) is 0 Å². The van der Waals surface area contributed by atoms with Gasteiger partial charge in [-0.05, 0) is 32.2 Å². The Labute approximate surface area is 156 Å². The highest BCUT2D eigenvalue weighted by molar-refractivity contribution is 5.81. The van der Waals surface area contributed by atoms with Gasteiger partial charge in [0.25, 0.3) is 0 Å². The van der Waals surface area contributed by atoms with Gasteiger partial charge in [0.05, 0.1) is 0 Å². The summed E-state index contributed by atoms with van der Waals surface area (Å²) >= 11 is 0. The molecule has 1 saturated carbocycles. The molecule has 0 spiro atoms. The Morgan fingerprint density at radius 3 is 1.58 bits per heavy atom. The Balaban J connectivity index is 1.43. The smallest absolute Gasteiger partial charge is 0.225 e. The summed E-state index contributed by atoms with van der Waals surface area (Å²) in [6.45, 7) is 9.38. The summed E-state index contributed by atoms with van der Waals surface area (Å²) in [6.07, 6.45) is 4.16. The molecule has 1 aliphatic carbocycles. The highest BCUT2D eigenvalue weighted by Gasteiger charge is 2.35. The molecule has 3 aliphatic rings. The number of hydrogen-bond donors (Lipinski definition) is 0. The van der Waals surface area contributed by atoms with Crippen molar-refractivity contribution in [2.45, 2.75) is 32.6 Å². The topological polar surface area (TPSA) is 64.2 Å². The molecule has 0 aromatic rings. The van der Waals surface area contributed by atoms with E-state index in [9.17, 15) is 14.4 Å². The van der Waals surface area contributed by atoms with E-state index in [-0.39, 0.29) is 17.7 Å². The van der Waals surface area contributed by atoms with E-state index in [4.69, 9.17) is 0 Å². The number of amides is 3. The maximum absolute atomic E-state index is 12.8. The molecule has 0 bridgehead atoms. The van der Waals surface area contributed by atoms with Crippen molar-refractivity contribution in [3.63, 3.8) is 0 Å². The molecule has 26 heavy (non-hydrogen) atoms. The normalized spacial score (nSPS) is 28.1. The number of rotatable bonds is 4. The molecule has 2 aliphatic heterocycles. The zero-order valence-electron chi connectivity index (χ0n) is 15.9. The van der Waals surface area contributed by atoms with Gasteiger partial charge in [0, 0.05) is 64.2 Å². The second kappa shape index (κ2) is 8.84. The monoisotopic (exact) mass is 364 g/mol. The summed E-state index contributed by atoms with van der Waals surface area (Å²) in [5, 5.41) is 0. The number of likely N-dealkylation sites (N-methyl/N-ethyl adjacent to an activating group) is 1. The van der Waals surface area contributed by atoms with E-state index in [0.717, 1.165) is 64.8 Å². The van der Waals surface area contributed by atoms with Crippen molar-refractivity contribution in [3.8, 4) is 0 Å². The molecule has 7 nitrogen and oxygen atoms in total. The van der Waals surface area contributed by atoms with Gasteiger partial charge in [0.1, 0.15) is 0 Å². The van der Waals surface area contributed by atoms with Crippen LogP contribution in [0.15, 0.2) is 0 Å². The highest BCUT2D eigenvalue weighted by atomic mass is 16.2. The van der Waals surface area contributed by atoms with Crippen LogP contribution in [0.2, 0.25) is 0 Å². The second-order valence-electron chi connectivity index (χ2n) is 7.77. The standard InChI is InChI=1S/C19H32N4O3/c1-2-20-7-11-22(12-8-20)18(25)16-3-5-17(6-4-16)19(26)23-13-9-21(15-24)10-14-23/h15-17H,2-14H2,1H3. The average molecular weight is 364 g/mol. The molecule has 0 radical (unpaired) electrons. The molecule has 3 fully saturated rings. The second-order valence-corrected chi connectivity index (χ2v) is 7.77. The third-order valence-corrected chi connectivity index (χ3v) is 6.33. The fraction of sp³-hybridized carbons (Fsp3) is 0.842. The van der Waals surface area contributed by atoms with Crippen LogP contribution in [0.25, 0.3) is 0 Å². The maximum Gasteiger partial charge on any atom is 0.225 e. The first-order chi connectivity index (χ1) is 12.6. The van der Waals surface area contributed by atoms with E-state index in [2.05, 4.69) is 11.8 Å². The first-order valence-electron chi connectivity index (χ1n) is 10.1. The number of carbonyl (C=O) groups excluding carboxylic acids is 3. The summed E-state index contributed by atoms with van der Waals surface area (Å²) in [5.74, 6) is 0.669. The van der Waals surface area contributed by atoms with Crippen LogP contribution in [-0.2, 0) is 14.4 Å². The van der Waals surface area contributed by atoms with E-state index in [1.807, 2.05) is 9.80 Å². The third kappa shape index (κ3) is 4.37. The van der Waals surface area contributed by atoms with E-state index in [1.54, 1.807) is 4.90 Å². The molecule has 3 amide bonds. The summed E-state index contributed by atoms with van der Waals surface area (Å²) in [6, 6.07) is 0. The minimum atomic E-state index is 0.0544. The van der Waals surface area contributed by atoms with Crippen LogP contribution in [0.5, 0.6) is 0 Å². The van der Waals surface area contributed by atoms with Crippen LogP contribution >= 0.6 is 0 Å². The lowest BCUT2D eigenvalue weighted by molar-refractivity contribution is -0.143. The molecule has 2 saturated heterocycles. The molecule has 7 heteroatoms. The minimum absolute atomic E-state index is 0.0544. The lowest BCUT2D eigenvalue weighted by atomic mass is 9.80. The Bertz CT molecular complexity index is 503. The Hall–Kier alpha value is -1.63. The Kier molecular flexibility index (Phi) is 6.51. The van der Waals surface area contributed by atoms with Crippen LogP contribution in [-0.4, -0.2) is 96.7 Å². The average Bonchev–Trinajstić information content (AvgIpc) is 2.73. The predicted molar refractivity (Wildman–Crippen MR) is 98.4 cm³/mol. The Morgan fingerprint density at radius 2 is 1.19 bits per heavy atom. The molecule has 0 N–H and O–H groups in total. The van der Waals surface area contributed by atoms with Gasteiger partial charge in [-0.2, -0.15) is 0 Å². The molecule has 0 aromatic heterocycles. The zero-order chi connectivity index (χ0) is 18.5. The molecule has 0 unspecified atom stereocenters. The van der Waals surface area contributed by atoms with Crippen LogP contribution in [0.3, 0.4) is 0 Å². The van der Waals surface area contributed by atoms with Crippen molar-refractivity contribution in [1.82, 2.24) is 19.6 Å². The quantitative estimate of drug-likeness (QED) is 0.671. The summed E-state index contributed by atoms with van der Waals surface area (Å²) < 4.78 is 0. The maximum atomic E-state index is 12.8. The van der Waals surface area contributed by atoms with Crippen LogP contribution in [0.1, 0.15) is 32.6 Å². The largest absolute Gasteiger partial charge is 0.342 e. The summed E-state index contributed by atoms with van der Waals surface area (Å²) in [5.41, 5.74) is 0. The molecule has 3 rings (SSSR count). The number of nitrogens with zero attached hydrogens (tertiary/aromatic N) is 4. The number of piperazine rings is 2. The van der Waals surface area contributed by atoms with Crippen molar-refractivity contribution in [2.75, 3.05) is 58.9 Å². The lowest BCUT2D eigenvalue weighted by Gasteiger charge is -2.39. The van der Waals surface area contributed by atoms with Crippen molar-refractivity contribution < 1.29 is 14.4 Å².